The van der Waals surface area contributed by atoms with Crippen molar-refractivity contribution in [2.24, 2.45) is 0 Å². The summed E-state index contributed by atoms with van der Waals surface area (Å²) in [7, 11) is 1.29. The van der Waals surface area contributed by atoms with Crippen LogP contribution < -0.4 is 5.32 Å². The number of esters is 1. The third-order valence-corrected chi connectivity index (χ3v) is 2.35. The van der Waals surface area contributed by atoms with Crippen molar-refractivity contribution in [2.45, 2.75) is 18.9 Å². The molecular formula is C13H16N2O3. The quantitative estimate of drug-likeness (QED) is 0.609. The highest BCUT2D eigenvalue weighted by molar-refractivity contribution is 5.95. The number of pyridine rings is 1. The maximum Gasteiger partial charge on any atom is 0.328 e. The van der Waals surface area contributed by atoms with Crippen molar-refractivity contribution in [3.63, 3.8) is 0 Å². The number of hydrogen-bond donors (Lipinski definition) is 1. The standard InChI is InChI=1S/C13H16N2O3/c1-3-4-7-11(13(17)18-2)15-12(16)10-8-5-6-9-14-10/h3,5-6,8-9,11H,1,4,7H2,2H3,(H,15,16)/t11-/m1/s1. The van der Waals surface area contributed by atoms with E-state index in [1.807, 2.05) is 0 Å². The van der Waals surface area contributed by atoms with Gasteiger partial charge < -0.3 is 10.1 Å². The Morgan fingerprint density at radius 3 is 2.89 bits per heavy atom. The van der Waals surface area contributed by atoms with Crippen molar-refractivity contribution in [3.05, 3.63) is 42.7 Å². The third-order valence-electron chi connectivity index (χ3n) is 2.35. The van der Waals surface area contributed by atoms with E-state index < -0.39 is 17.9 Å². The van der Waals surface area contributed by atoms with Crippen LogP contribution in [0.2, 0.25) is 0 Å². The van der Waals surface area contributed by atoms with Gasteiger partial charge in [-0.2, -0.15) is 0 Å². The van der Waals surface area contributed by atoms with Crippen molar-refractivity contribution >= 4 is 11.9 Å². The van der Waals surface area contributed by atoms with Crippen LogP contribution in [0.15, 0.2) is 37.1 Å². The summed E-state index contributed by atoms with van der Waals surface area (Å²) < 4.78 is 4.64. The van der Waals surface area contributed by atoms with E-state index in [1.54, 1.807) is 24.3 Å². The zero-order valence-corrected chi connectivity index (χ0v) is 10.3. The summed E-state index contributed by atoms with van der Waals surface area (Å²) in [6.45, 7) is 3.58. The van der Waals surface area contributed by atoms with Crippen LogP contribution in [0, 0.1) is 0 Å². The third kappa shape index (κ3) is 4.01. The topological polar surface area (TPSA) is 68.3 Å². The van der Waals surface area contributed by atoms with Gasteiger partial charge in [-0.05, 0) is 25.0 Å². The average Bonchev–Trinajstić information content (AvgIpc) is 2.43. The molecule has 1 aromatic heterocycles. The molecule has 0 fully saturated rings. The molecule has 1 rings (SSSR count). The van der Waals surface area contributed by atoms with Gasteiger partial charge in [0.1, 0.15) is 11.7 Å². The summed E-state index contributed by atoms with van der Waals surface area (Å²) in [4.78, 5) is 27.2. The van der Waals surface area contributed by atoms with E-state index in [2.05, 4.69) is 21.6 Å². The minimum Gasteiger partial charge on any atom is -0.467 e. The Morgan fingerprint density at radius 2 is 2.33 bits per heavy atom. The Balaban J connectivity index is 2.68. The Bertz CT molecular complexity index is 418. The number of ether oxygens (including phenoxy) is 1. The van der Waals surface area contributed by atoms with E-state index in [4.69, 9.17) is 0 Å². The fourth-order valence-electron chi connectivity index (χ4n) is 1.40. The molecule has 1 N–H and O–H groups in total. The molecule has 0 radical (unpaired) electrons. The summed E-state index contributed by atoms with van der Waals surface area (Å²) in [5.74, 6) is -0.865. The highest BCUT2D eigenvalue weighted by Crippen LogP contribution is 2.02. The van der Waals surface area contributed by atoms with Crippen molar-refractivity contribution in [3.8, 4) is 0 Å². The van der Waals surface area contributed by atoms with Gasteiger partial charge in [-0.25, -0.2) is 4.79 Å². The lowest BCUT2D eigenvalue weighted by molar-refractivity contribution is -0.143. The first-order valence-corrected chi connectivity index (χ1v) is 5.59. The number of amides is 1. The first kappa shape index (κ1) is 13.9. The van der Waals surface area contributed by atoms with Gasteiger partial charge in [-0.3, -0.25) is 9.78 Å². The molecule has 18 heavy (non-hydrogen) atoms. The molecular weight excluding hydrogens is 232 g/mol. The van der Waals surface area contributed by atoms with Crippen LogP contribution in [0.1, 0.15) is 23.3 Å². The molecule has 1 aromatic rings. The van der Waals surface area contributed by atoms with Crippen LogP contribution >= 0.6 is 0 Å². The number of rotatable bonds is 6. The zero-order chi connectivity index (χ0) is 13.4. The second-order valence-electron chi connectivity index (χ2n) is 3.63. The smallest absolute Gasteiger partial charge is 0.328 e. The van der Waals surface area contributed by atoms with E-state index >= 15 is 0 Å². The number of nitrogens with one attached hydrogen (secondary N) is 1. The Hall–Kier alpha value is -2.17. The molecule has 5 nitrogen and oxygen atoms in total. The van der Waals surface area contributed by atoms with Crippen LogP contribution in [-0.4, -0.2) is 30.0 Å². The SMILES string of the molecule is C=CCC[C@@H](NC(=O)c1ccccn1)C(=O)OC. The van der Waals surface area contributed by atoms with Crippen LogP contribution in [-0.2, 0) is 9.53 Å². The zero-order valence-electron chi connectivity index (χ0n) is 10.3. The molecule has 5 heteroatoms. The predicted molar refractivity (Wildman–Crippen MR) is 66.9 cm³/mol. The van der Waals surface area contributed by atoms with Crippen LogP contribution in [0.4, 0.5) is 0 Å². The minimum atomic E-state index is -0.678. The number of aromatic nitrogens is 1. The Labute approximate surface area is 106 Å². The molecule has 0 saturated carbocycles. The Morgan fingerprint density at radius 1 is 1.56 bits per heavy atom. The van der Waals surface area contributed by atoms with Crippen molar-refractivity contribution < 1.29 is 14.3 Å². The molecule has 0 unspecified atom stereocenters. The molecule has 0 bridgehead atoms. The van der Waals surface area contributed by atoms with Gasteiger partial charge in [0.2, 0.25) is 0 Å². The van der Waals surface area contributed by atoms with Gasteiger partial charge in [0.05, 0.1) is 7.11 Å². The largest absolute Gasteiger partial charge is 0.467 e. The lowest BCUT2D eigenvalue weighted by Crippen LogP contribution is -2.41. The van der Waals surface area contributed by atoms with Gasteiger partial charge in [-0.1, -0.05) is 12.1 Å². The van der Waals surface area contributed by atoms with E-state index in [0.29, 0.717) is 12.8 Å². The normalized spacial score (nSPS) is 11.4. The minimum absolute atomic E-state index is 0.269. The lowest BCUT2D eigenvalue weighted by Gasteiger charge is -2.15. The second-order valence-corrected chi connectivity index (χ2v) is 3.63. The molecule has 1 heterocycles. The molecule has 0 aliphatic heterocycles. The molecule has 0 aliphatic carbocycles. The van der Waals surface area contributed by atoms with Gasteiger partial charge in [0, 0.05) is 6.20 Å². The molecule has 1 atom stereocenters. The van der Waals surface area contributed by atoms with Gasteiger partial charge in [-0.15, -0.1) is 6.58 Å². The maximum atomic E-state index is 11.8. The first-order chi connectivity index (χ1) is 8.69. The molecule has 1 amide bonds. The van der Waals surface area contributed by atoms with Crippen molar-refractivity contribution in [1.82, 2.24) is 10.3 Å². The predicted octanol–water partition coefficient (Wildman–Crippen LogP) is 1.32. The summed E-state index contributed by atoms with van der Waals surface area (Å²) in [6, 6.07) is 4.32. The number of methoxy groups -OCH3 is 1. The monoisotopic (exact) mass is 248 g/mol. The van der Waals surface area contributed by atoms with Gasteiger partial charge >= 0.3 is 5.97 Å². The molecule has 96 valence electrons. The van der Waals surface area contributed by atoms with E-state index in [0.717, 1.165) is 0 Å². The van der Waals surface area contributed by atoms with E-state index in [-0.39, 0.29) is 5.69 Å². The second kappa shape index (κ2) is 7.21. The average molecular weight is 248 g/mol. The van der Waals surface area contributed by atoms with Crippen LogP contribution in [0.3, 0.4) is 0 Å². The number of carbonyl (C=O) groups excluding carboxylic acids is 2. The lowest BCUT2D eigenvalue weighted by atomic mass is 10.1. The van der Waals surface area contributed by atoms with Crippen LogP contribution in [0.5, 0.6) is 0 Å². The summed E-state index contributed by atoms with van der Waals surface area (Å²) >= 11 is 0. The molecule has 0 aromatic carbocycles. The van der Waals surface area contributed by atoms with Gasteiger partial charge in [0.15, 0.2) is 0 Å². The molecule has 0 saturated heterocycles. The van der Waals surface area contributed by atoms with Crippen molar-refractivity contribution in [1.29, 1.82) is 0 Å². The Kier molecular flexibility index (Phi) is 5.57. The number of hydrogen-bond acceptors (Lipinski definition) is 4. The molecule has 0 spiro atoms. The van der Waals surface area contributed by atoms with E-state index in [9.17, 15) is 9.59 Å². The number of allylic oxidation sites excluding steroid dienone is 1. The summed E-state index contributed by atoms with van der Waals surface area (Å²) in [6.07, 6.45) is 4.27. The molecule has 0 aliphatic rings. The fraction of sp³-hybridized carbons (Fsp3) is 0.308. The van der Waals surface area contributed by atoms with E-state index in [1.165, 1.54) is 13.3 Å². The van der Waals surface area contributed by atoms with Crippen molar-refractivity contribution in [2.75, 3.05) is 7.11 Å². The maximum absolute atomic E-state index is 11.8. The fourth-order valence-corrected chi connectivity index (χ4v) is 1.40. The highest BCUT2D eigenvalue weighted by Gasteiger charge is 2.21. The summed E-state index contributed by atoms with van der Waals surface area (Å²) in [5.41, 5.74) is 0.269. The van der Waals surface area contributed by atoms with Gasteiger partial charge in [0.25, 0.3) is 5.91 Å². The van der Waals surface area contributed by atoms with Crippen LogP contribution in [0.25, 0.3) is 0 Å². The number of nitrogens with zero attached hydrogens (tertiary/aromatic N) is 1. The summed E-state index contributed by atoms with van der Waals surface area (Å²) in [5, 5.41) is 2.60. The highest BCUT2D eigenvalue weighted by atomic mass is 16.5. The first-order valence-electron chi connectivity index (χ1n) is 5.59. The number of carbonyl (C=O) groups is 2.